The molecule has 1 N–H and O–H groups in total. The predicted octanol–water partition coefficient (Wildman–Crippen LogP) is 2.99. The number of rotatable bonds is 6. The SMILES string of the molecule is C=CCC(C)CNCc1ccccc1. The van der Waals surface area contributed by atoms with Gasteiger partial charge in [-0.3, -0.25) is 0 Å². The Labute approximate surface area is 86.8 Å². The lowest BCUT2D eigenvalue weighted by atomic mass is 10.1. The molecule has 1 nitrogen and oxygen atoms in total. The van der Waals surface area contributed by atoms with E-state index in [9.17, 15) is 0 Å². The van der Waals surface area contributed by atoms with Gasteiger partial charge in [-0.15, -0.1) is 6.58 Å². The van der Waals surface area contributed by atoms with Gasteiger partial charge >= 0.3 is 0 Å². The molecule has 1 aromatic carbocycles. The zero-order valence-corrected chi connectivity index (χ0v) is 8.87. The van der Waals surface area contributed by atoms with Crippen molar-refractivity contribution in [1.29, 1.82) is 0 Å². The zero-order valence-electron chi connectivity index (χ0n) is 8.87. The Morgan fingerprint density at radius 1 is 1.36 bits per heavy atom. The number of nitrogens with one attached hydrogen (secondary N) is 1. The van der Waals surface area contributed by atoms with Crippen LogP contribution in [0.5, 0.6) is 0 Å². The van der Waals surface area contributed by atoms with Gasteiger partial charge < -0.3 is 5.32 Å². The van der Waals surface area contributed by atoms with E-state index in [0.29, 0.717) is 5.92 Å². The summed E-state index contributed by atoms with van der Waals surface area (Å²) < 4.78 is 0. The van der Waals surface area contributed by atoms with Gasteiger partial charge in [0.1, 0.15) is 0 Å². The van der Waals surface area contributed by atoms with Crippen molar-refractivity contribution in [1.82, 2.24) is 5.32 Å². The molecule has 14 heavy (non-hydrogen) atoms. The van der Waals surface area contributed by atoms with Crippen LogP contribution in [0.1, 0.15) is 18.9 Å². The largest absolute Gasteiger partial charge is 0.312 e. The van der Waals surface area contributed by atoms with E-state index in [-0.39, 0.29) is 0 Å². The summed E-state index contributed by atoms with van der Waals surface area (Å²) in [7, 11) is 0. The molecule has 0 heterocycles. The molecule has 0 bridgehead atoms. The van der Waals surface area contributed by atoms with E-state index in [4.69, 9.17) is 0 Å². The van der Waals surface area contributed by atoms with Gasteiger partial charge in [0.2, 0.25) is 0 Å². The van der Waals surface area contributed by atoms with Crippen molar-refractivity contribution in [3.63, 3.8) is 0 Å². The summed E-state index contributed by atoms with van der Waals surface area (Å²) in [6.45, 7) is 7.99. The number of benzene rings is 1. The lowest BCUT2D eigenvalue weighted by Gasteiger charge is -2.10. The van der Waals surface area contributed by atoms with Crippen molar-refractivity contribution in [3.8, 4) is 0 Å². The van der Waals surface area contributed by atoms with E-state index in [1.165, 1.54) is 5.56 Å². The van der Waals surface area contributed by atoms with Crippen LogP contribution in [0, 0.1) is 5.92 Å². The van der Waals surface area contributed by atoms with Gasteiger partial charge in [-0.2, -0.15) is 0 Å². The van der Waals surface area contributed by atoms with E-state index >= 15 is 0 Å². The molecule has 0 aliphatic rings. The second-order valence-corrected chi connectivity index (χ2v) is 3.75. The van der Waals surface area contributed by atoms with Crippen LogP contribution in [0.15, 0.2) is 43.0 Å². The molecule has 0 spiro atoms. The molecule has 0 radical (unpaired) electrons. The third kappa shape index (κ3) is 4.24. The summed E-state index contributed by atoms with van der Waals surface area (Å²) in [6, 6.07) is 10.5. The van der Waals surface area contributed by atoms with E-state index in [1.807, 2.05) is 12.1 Å². The minimum atomic E-state index is 0.677. The van der Waals surface area contributed by atoms with Crippen LogP contribution < -0.4 is 5.32 Å². The highest BCUT2D eigenvalue weighted by Gasteiger charge is 1.98. The number of hydrogen-bond acceptors (Lipinski definition) is 1. The molecule has 1 unspecified atom stereocenters. The summed E-state index contributed by atoms with van der Waals surface area (Å²) in [6.07, 6.45) is 3.07. The molecule has 1 atom stereocenters. The topological polar surface area (TPSA) is 12.0 Å². The summed E-state index contributed by atoms with van der Waals surface area (Å²) >= 11 is 0. The minimum absolute atomic E-state index is 0.677. The maximum atomic E-state index is 3.74. The smallest absolute Gasteiger partial charge is 0.0205 e. The molecular formula is C13H19N. The molecule has 1 rings (SSSR count). The van der Waals surface area contributed by atoms with E-state index < -0.39 is 0 Å². The first-order valence-electron chi connectivity index (χ1n) is 5.18. The normalized spacial score (nSPS) is 12.4. The third-order valence-electron chi connectivity index (χ3n) is 2.23. The van der Waals surface area contributed by atoms with E-state index in [2.05, 4.69) is 43.1 Å². The highest BCUT2D eigenvalue weighted by Crippen LogP contribution is 2.01. The maximum Gasteiger partial charge on any atom is 0.0205 e. The zero-order chi connectivity index (χ0) is 10.2. The van der Waals surface area contributed by atoms with Crippen LogP contribution >= 0.6 is 0 Å². The first-order chi connectivity index (χ1) is 6.83. The molecule has 0 saturated carbocycles. The molecule has 0 saturated heterocycles. The van der Waals surface area contributed by atoms with Crippen molar-refractivity contribution in [2.24, 2.45) is 5.92 Å². The standard InChI is InChI=1S/C13H19N/c1-3-7-12(2)10-14-11-13-8-5-4-6-9-13/h3-6,8-9,12,14H,1,7,10-11H2,2H3. The Hall–Kier alpha value is -1.08. The van der Waals surface area contributed by atoms with Crippen LogP contribution in [0.3, 0.4) is 0 Å². The Morgan fingerprint density at radius 2 is 2.07 bits per heavy atom. The van der Waals surface area contributed by atoms with Crippen molar-refractivity contribution >= 4 is 0 Å². The molecule has 1 aromatic rings. The average molecular weight is 189 g/mol. The Bertz CT molecular complexity index is 253. The number of hydrogen-bond donors (Lipinski definition) is 1. The lowest BCUT2D eigenvalue weighted by Crippen LogP contribution is -2.20. The molecular weight excluding hydrogens is 170 g/mol. The van der Waals surface area contributed by atoms with Crippen molar-refractivity contribution < 1.29 is 0 Å². The molecule has 0 aliphatic carbocycles. The van der Waals surface area contributed by atoms with E-state index in [0.717, 1.165) is 19.5 Å². The first kappa shape index (κ1) is 11.0. The molecule has 1 heteroatoms. The van der Waals surface area contributed by atoms with Crippen LogP contribution in [-0.4, -0.2) is 6.54 Å². The molecule has 0 fully saturated rings. The first-order valence-corrected chi connectivity index (χ1v) is 5.18. The minimum Gasteiger partial charge on any atom is -0.312 e. The summed E-state index contributed by atoms with van der Waals surface area (Å²) in [4.78, 5) is 0. The van der Waals surface area contributed by atoms with Crippen LogP contribution in [-0.2, 0) is 6.54 Å². The van der Waals surface area contributed by atoms with Crippen molar-refractivity contribution in [2.75, 3.05) is 6.54 Å². The Kier molecular flexibility index (Phi) is 5.02. The average Bonchev–Trinajstić information content (AvgIpc) is 2.20. The van der Waals surface area contributed by atoms with Gasteiger partial charge in [0.15, 0.2) is 0 Å². The Balaban J connectivity index is 2.18. The van der Waals surface area contributed by atoms with E-state index in [1.54, 1.807) is 0 Å². The molecule has 0 aromatic heterocycles. The third-order valence-corrected chi connectivity index (χ3v) is 2.23. The van der Waals surface area contributed by atoms with Gasteiger partial charge in [-0.1, -0.05) is 43.3 Å². The van der Waals surface area contributed by atoms with Gasteiger partial charge in [-0.25, -0.2) is 0 Å². The van der Waals surface area contributed by atoms with Crippen molar-refractivity contribution in [3.05, 3.63) is 48.6 Å². The summed E-state index contributed by atoms with van der Waals surface area (Å²) in [5.41, 5.74) is 1.35. The predicted molar refractivity (Wildman–Crippen MR) is 62.1 cm³/mol. The molecule has 76 valence electrons. The fraction of sp³-hybridized carbons (Fsp3) is 0.385. The van der Waals surface area contributed by atoms with Crippen LogP contribution in [0.2, 0.25) is 0 Å². The highest BCUT2D eigenvalue weighted by atomic mass is 14.8. The summed E-state index contributed by atoms with van der Waals surface area (Å²) in [5, 5.41) is 3.44. The maximum absolute atomic E-state index is 3.74. The molecule has 0 aliphatic heterocycles. The fourth-order valence-corrected chi connectivity index (χ4v) is 1.43. The number of allylic oxidation sites excluding steroid dienone is 1. The van der Waals surface area contributed by atoms with Crippen LogP contribution in [0.25, 0.3) is 0 Å². The quantitative estimate of drug-likeness (QED) is 0.678. The summed E-state index contributed by atoms with van der Waals surface area (Å²) in [5.74, 6) is 0.677. The second-order valence-electron chi connectivity index (χ2n) is 3.75. The van der Waals surface area contributed by atoms with Gasteiger partial charge in [-0.05, 0) is 24.4 Å². The second kappa shape index (κ2) is 6.39. The molecule has 0 amide bonds. The highest BCUT2D eigenvalue weighted by molar-refractivity contribution is 5.14. The lowest BCUT2D eigenvalue weighted by molar-refractivity contribution is 0.519. The van der Waals surface area contributed by atoms with Crippen LogP contribution in [0.4, 0.5) is 0 Å². The monoisotopic (exact) mass is 189 g/mol. The fourth-order valence-electron chi connectivity index (χ4n) is 1.43. The van der Waals surface area contributed by atoms with Gasteiger partial charge in [0.25, 0.3) is 0 Å². The Morgan fingerprint density at radius 3 is 2.71 bits per heavy atom. The van der Waals surface area contributed by atoms with Gasteiger partial charge in [0, 0.05) is 6.54 Å². The van der Waals surface area contributed by atoms with Gasteiger partial charge in [0.05, 0.1) is 0 Å². The van der Waals surface area contributed by atoms with Crippen molar-refractivity contribution in [2.45, 2.75) is 19.9 Å².